The molecule has 2 aromatic carbocycles. The summed E-state index contributed by atoms with van der Waals surface area (Å²) < 4.78 is 15.9. The Morgan fingerprint density at radius 1 is 1.00 bits per heavy atom. The fourth-order valence-electron chi connectivity index (χ4n) is 2.52. The number of hydrogen-bond acceptors (Lipinski definition) is 5. The van der Waals surface area contributed by atoms with Crippen LogP contribution in [-0.2, 0) is 16.1 Å². The van der Waals surface area contributed by atoms with E-state index in [0.717, 1.165) is 5.56 Å². The van der Waals surface area contributed by atoms with Gasteiger partial charge in [0.15, 0.2) is 6.61 Å². The molecule has 0 saturated heterocycles. The molecule has 0 fully saturated rings. The van der Waals surface area contributed by atoms with Gasteiger partial charge in [-0.1, -0.05) is 12.1 Å². The quantitative estimate of drug-likeness (QED) is 0.727. The van der Waals surface area contributed by atoms with Gasteiger partial charge in [0.25, 0.3) is 5.91 Å². The highest BCUT2D eigenvalue weighted by atomic mass is 16.5. The van der Waals surface area contributed by atoms with Crippen molar-refractivity contribution in [2.45, 2.75) is 13.5 Å². The summed E-state index contributed by atoms with van der Waals surface area (Å²) in [6, 6.07) is 12.5. The van der Waals surface area contributed by atoms with Crippen LogP contribution in [0.3, 0.4) is 0 Å². The Balaban J connectivity index is 2.12. The Morgan fingerprint density at radius 2 is 1.67 bits per heavy atom. The zero-order chi connectivity index (χ0) is 19.8. The molecule has 1 amide bonds. The standard InChI is InChI=1S/C20H23NO6/c1-14-5-4-6-16(7-14)27-13-19(22)21(12-20(23)24)11-15-8-17(25-2)10-18(9-15)26-3/h4-10H,11-13H2,1-3H3,(H,23,24). The fourth-order valence-corrected chi connectivity index (χ4v) is 2.52. The third-order valence-electron chi connectivity index (χ3n) is 3.82. The van der Waals surface area contributed by atoms with E-state index in [4.69, 9.17) is 19.3 Å². The Bertz CT molecular complexity index is 783. The van der Waals surface area contributed by atoms with Crippen LogP contribution >= 0.6 is 0 Å². The summed E-state index contributed by atoms with van der Waals surface area (Å²) in [7, 11) is 3.04. The van der Waals surface area contributed by atoms with Crippen LogP contribution in [0.4, 0.5) is 0 Å². The summed E-state index contributed by atoms with van der Waals surface area (Å²) in [4.78, 5) is 24.9. The summed E-state index contributed by atoms with van der Waals surface area (Å²) in [6.07, 6.45) is 0. The van der Waals surface area contributed by atoms with Crippen molar-refractivity contribution in [2.24, 2.45) is 0 Å². The number of ether oxygens (including phenoxy) is 3. The molecule has 0 atom stereocenters. The van der Waals surface area contributed by atoms with E-state index < -0.39 is 18.4 Å². The second kappa shape index (κ2) is 9.47. The van der Waals surface area contributed by atoms with Crippen molar-refractivity contribution in [3.8, 4) is 17.2 Å². The van der Waals surface area contributed by atoms with E-state index in [2.05, 4.69) is 0 Å². The fraction of sp³-hybridized carbons (Fsp3) is 0.300. The van der Waals surface area contributed by atoms with E-state index in [0.29, 0.717) is 22.8 Å². The van der Waals surface area contributed by atoms with Crippen molar-refractivity contribution < 1.29 is 28.9 Å². The number of hydrogen-bond donors (Lipinski definition) is 1. The molecule has 7 nitrogen and oxygen atoms in total. The number of carboxylic acid groups (broad SMARTS) is 1. The SMILES string of the molecule is COc1cc(CN(CC(=O)O)C(=O)COc2cccc(C)c2)cc(OC)c1. The summed E-state index contributed by atoms with van der Waals surface area (Å²) >= 11 is 0. The highest BCUT2D eigenvalue weighted by molar-refractivity contribution is 5.82. The van der Waals surface area contributed by atoms with Crippen molar-refractivity contribution in [1.29, 1.82) is 0 Å². The summed E-state index contributed by atoms with van der Waals surface area (Å²) in [5, 5.41) is 9.15. The third-order valence-corrected chi connectivity index (χ3v) is 3.82. The molecule has 0 aliphatic heterocycles. The van der Waals surface area contributed by atoms with Crippen molar-refractivity contribution >= 4 is 11.9 Å². The number of carboxylic acids is 1. The molecule has 2 aromatic rings. The number of aryl methyl sites for hydroxylation is 1. The van der Waals surface area contributed by atoms with Crippen LogP contribution in [0.15, 0.2) is 42.5 Å². The number of methoxy groups -OCH3 is 2. The Labute approximate surface area is 158 Å². The lowest BCUT2D eigenvalue weighted by molar-refractivity contribution is -0.145. The van der Waals surface area contributed by atoms with Gasteiger partial charge in [-0.05, 0) is 42.3 Å². The first kappa shape index (κ1) is 20.1. The zero-order valence-corrected chi connectivity index (χ0v) is 15.6. The van der Waals surface area contributed by atoms with Gasteiger partial charge in [0, 0.05) is 12.6 Å². The molecular formula is C20H23NO6. The first-order valence-electron chi connectivity index (χ1n) is 8.32. The summed E-state index contributed by atoms with van der Waals surface area (Å²) in [6.45, 7) is 1.32. The molecule has 0 saturated carbocycles. The molecule has 0 aliphatic carbocycles. The molecule has 0 unspecified atom stereocenters. The van der Waals surface area contributed by atoms with E-state index in [1.165, 1.54) is 19.1 Å². The van der Waals surface area contributed by atoms with Gasteiger partial charge in [-0.25, -0.2) is 0 Å². The predicted octanol–water partition coefficient (Wildman–Crippen LogP) is 2.50. The number of benzene rings is 2. The van der Waals surface area contributed by atoms with E-state index >= 15 is 0 Å². The second-order valence-corrected chi connectivity index (χ2v) is 5.97. The number of aliphatic carboxylic acids is 1. The third kappa shape index (κ3) is 6.22. The van der Waals surface area contributed by atoms with Crippen molar-refractivity contribution in [2.75, 3.05) is 27.4 Å². The molecule has 0 spiro atoms. The first-order valence-corrected chi connectivity index (χ1v) is 8.32. The molecule has 0 aliphatic rings. The molecule has 1 N–H and O–H groups in total. The number of carbonyl (C=O) groups is 2. The first-order chi connectivity index (χ1) is 12.9. The summed E-state index contributed by atoms with van der Waals surface area (Å²) in [5.41, 5.74) is 1.70. The van der Waals surface area contributed by atoms with Gasteiger partial charge in [0.05, 0.1) is 14.2 Å². The number of carbonyl (C=O) groups excluding carboxylic acids is 1. The normalized spacial score (nSPS) is 10.2. The highest BCUT2D eigenvalue weighted by Gasteiger charge is 2.19. The lowest BCUT2D eigenvalue weighted by atomic mass is 10.2. The zero-order valence-electron chi connectivity index (χ0n) is 15.6. The molecule has 0 heterocycles. The van der Waals surface area contributed by atoms with Crippen molar-refractivity contribution in [3.63, 3.8) is 0 Å². The average molecular weight is 373 g/mol. The molecule has 0 aromatic heterocycles. The van der Waals surface area contributed by atoms with Crippen LogP contribution < -0.4 is 14.2 Å². The van der Waals surface area contributed by atoms with Gasteiger partial charge in [0.2, 0.25) is 0 Å². The molecule has 7 heteroatoms. The lowest BCUT2D eigenvalue weighted by Gasteiger charge is -2.21. The minimum Gasteiger partial charge on any atom is -0.497 e. The number of rotatable bonds is 9. The minimum absolute atomic E-state index is 0.0931. The topological polar surface area (TPSA) is 85.3 Å². The highest BCUT2D eigenvalue weighted by Crippen LogP contribution is 2.23. The molecule has 0 radical (unpaired) electrons. The Kier molecular flexibility index (Phi) is 7.05. The molecule has 2 rings (SSSR count). The number of amides is 1. The van der Waals surface area contributed by atoms with Gasteiger partial charge >= 0.3 is 5.97 Å². The Morgan fingerprint density at radius 3 is 2.22 bits per heavy atom. The smallest absolute Gasteiger partial charge is 0.323 e. The molecule has 0 bridgehead atoms. The second-order valence-electron chi connectivity index (χ2n) is 5.97. The van der Waals surface area contributed by atoms with Gasteiger partial charge in [0.1, 0.15) is 23.8 Å². The maximum absolute atomic E-state index is 12.5. The van der Waals surface area contributed by atoms with Crippen LogP contribution in [-0.4, -0.2) is 49.3 Å². The van der Waals surface area contributed by atoms with Crippen LogP contribution in [0.2, 0.25) is 0 Å². The van der Waals surface area contributed by atoms with Crippen LogP contribution in [0.5, 0.6) is 17.2 Å². The summed E-state index contributed by atoms with van der Waals surface area (Å²) in [5.74, 6) is 0.141. The largest absolute Gasteiger partial charge is 0.497 e. The van der Waals surface area contributed by atoms with Gasteiger partial charge in [-0.3, -0.25) is 9.59 Å². The number of nitrogens with zero attached hydrogens (tertiary/aromatic N) is 1. The lowest BCUT2D eigenvalue weighted by Crippen LogP contribution is -2.38. The van der Waals surface area contributed by atoms with Gasteiger partial charge in [-0.2, -0.15) is 0 Å². The molecule has 27 heavy (non-hydrogen) atoms. The van der Waals surface area contributed by atoms with Crippen LogP contribution in [0.25, 0.3) is 0 Å². The van der Waals surface area contributed by atoms with E-state index in [1.807, 2.05) is 25.1 Å². The molecular weight excluding hydrogens is 350 g/mol. The van der Waals surface area contributed by atoms with Crippen LogP contribution in [0, 0.1) is 6.92 Å². The van der Waals surface area contributed by atoms with Crippen molar-refractivity contribution in [1.82, 2.24) is 4.90 Å². The Hall–Kier alpha value is -3.22. The maximum Gasteiger partial charge on any atom is 0.323 e. The van der Waals surface area contributed by atoms with Gasteiger partial charge in [-0.15, -0.1) is 0 Å². The van der Waals surface area contributed by atoms with E-state index in [9.17, 15) is 9.59 Å². The monoisotopic (exact) mass is 373 g/mol. The van der Waals surface area contributed by atoms with E-state index in [1.54, 1.807) is 24.3 Å². The van der Waals surface area contributed by atoms with Crippen LogP contribution in [0.1, 0.15) is 11.1 Å². The maximum atomic E-state index is 12.5. The van der Waals surface area contributed by atoms with E-state index in [-0.39, 0.29) is 13.2 Å². The van der Waals surface area contributed by atoms with Crippen molar-refractivity contribution in [3.05, 3.63) is 53.6 Å². The average Bonchev–Trinajstić information content (AvgIpc) is 2.65. The molecule has 144 valence electrons. The predicted molar refractivity (Wildman–Crippen MR) is 99.3 cm³/mol. The minimum atomic E-state index is -1.10. The van der Waals surface area contributed by atoms with Gasteiger partial charge < -0.3 is 24.2 Å².